The van der Waals surface area contributed by atoms with E-state index in [9.17, 15) is 13.2 Å². The topological polar surface area (TPSA) is 87.3 Å². The first kappa shape index (κ1) is 21.2. The number of halogens is 1. The summed E-state index contributed by atoms with van der Waals surface area (Å²) in [6.45, 7) is 2.66. The van der Waals surface area contributed by atoms with E-state index in [1.807, 2.05) is 6.92 Å². The van der Waals surface area contributed by atoms with E-state index in [4.69, 9.17) is 0 Å². The second kappa shape index (κ2) is 9.21. The average Bonchev–Trinajstić information content (AvgIpc) is 2.66. The van der Waals surface area contributed by atoms with Crippen LogP contribution in [0.5, 0.6) is 0 Å². The van der Waals surface area contributed by atoms with Crippen molar-refractivity contribution in [2.75, 3.05) is 16.6 Å². The molecule has 3 N–H and O–H groups in total. The first-order chi connectivity index (χ1) is 12.5. The molecule has 1 heterocycles. The molecular weight excluding hydrogens is 386 g/mol. The van der Waals surface area contributed by atoms with Crippen LogP contribution in [0.2, 0.25) is 0 Å². The summed E-state index contributed by atoms with van der Waals surface area (Å²) in [6, 6.07) is 13.2. The predicted molar refractivity (Wildman–Crippen MR) is 110 cm³/mol. The normalized spacial score (nSPS) is 16.9. The zero-order valence-corrected chi connectivity index (χ0v) is 16.7. The summed E-state index contributed by atoms with van der Waals surface area (Å²) in [6.07, 6.45) is 2.92. The third kappa shape index (κ3) is 5.45. The molecule has 1 aliphatic rings. The zero-order valence-electron chi connectivity index (χ0n) is 15.1. The van der Waals surface area contributed by atoms with Gasteiger partial charge >= 0.3 is 0 Å². The molecule has 0 aliphatic carbocycles. The molecule has 1 fully saturated rings. The molecule has 1 atom stereocenters. The number of hydrogen-bond donors (Lipinski definition) is 3. The smallest absolute Gasteiger partial charge is 0.261 e. The van der Waals surface area contributed by atoms with Gasteiger partial charge in [-0.15, -0.1) is 12.4 Å². The Morgan fingerprint density at radius 3 is 2.52 bits per heavy atom. The molecule has 1 aliphatic heterocycles. The van der Waals surface area contributed by atoms with E-state index < -0.39 is 10.0 Å². The lowest BCUT2D eigenvalue weighted by molar-refractivity contribution is -0.118. The Kier molecular flexibility index (Phi) is 7.24. The molecular formula is C19H24ClN3O3S. The van der Waals surface area contributed by atoms with Crippen LogP contribution in [-0.4, -0.2) is 26.9 Å². The van der Waals surface area contributed by atoms with Gasteiger partial charge in [-0.25, -0.2) is 8.42 Å². The molecule has 1 amide bonds. The fraction of sp³-hybridized carbons (Fsp3) is 0.316. The number of anilines is 2. The van der Waals surface area contributed by atoms with Gasteiger partial charge in [0.15, 0.2) is 0 Å². The molecule has 2 aromatic carbocycles. The van der Waals surface area contributed by atoms with Crippen LogP contribution in [0.3, 0.4) is 0 Å². The van der Waals surface area contributed by atoms with E-state index in [0.29, 0.717) is 11.4 Å². The van der Waals surface area contributed by atoms with E-state index in [1.165, 1.54) is 12.1 Å². The van der Waals surface area contributed by atoms with Crippen LogP contribution in [0.4, 0.5) is 11.4 Å². The number of aryl methyl sites for hydroxylation is 1. The molecule has 0 saturated carbocycles. The summed E-state index contributed by atoms with van der Waals surface area (Å²) in [7, 11) is -3.68. The number of piperidine rings is 1. The van der Waals surface area contributed by atoms with Gasteiger partial charge in [-0.05, 0) is 56.1 Å². The molecule has 8 heteroatoms. The number of carbonyl (C=O) groups excluding carboxylic acids is 1. The maximum atomic E-state index is 12.5. The third-order valence-corrected chi connectivity index (χ3v) is 5.81. The van der Waals surface area contributed by atoms with E-state index in [1.54, 1.807) is 36.4 Å². The van der Waals surface area contributed by atoms with Crippen LogP contribution >= 0.6 is 12.4 Å². The van der Waals surface area contributed by atoms with Gasteiger partial charge in [0, 0.05) is 5.69 Å². The molecule has 1 saturated heterocycles. The third-order valence-electron chi connectivity index (χ3n) is 4.43. The number of carbonyl (C=O) groups is 1. The van der Waals surface area contributed by atoms with Crippen LogP contribution < -0.4 is 15.4 Å². The number of benzene rings is 2. The summed E-state index contributed by atoms with van der Waals surface area (Å²) >= 11 is 0. The molecule has 6 nitrogen and oxygen atoms in total. The number of nitrogens with one attached hydrogen (secondary N) is 3. The second-order valence-corrected chi connectivity index (χ2v) is 8.12. The molecule has 0 bridgehead atoms. The molecule has 0 aromatic heterocycles. The van der Waals surface area contributed by atoms with Crippen molar-refractivity contribution in [3.05, 3.63) is 54.1 Å². The van der Waals surface area contributed by atoms with Crippen molar-refractivity contribution in [2.24, 2.45) is 0 Å². The van der Waals surface area contributed by atoms with E-state index in [0.717, 1.165) is 31.4 Å². The average molecular weight is 410 g/mol. The van der Waals surface area contributed by atoms with Crippen molar-refractivity contribution in [2.45, 2.75) is 37.1 Å². The number of sulfonamides is 1. The monoisotopic (exact) mass is 409 g/mol. The first-order valence-corrected chi connectivity index (χ1v) is 10.2. The lowest BCUT2D eigenvalue weighted by atomic mass is 10.0. The summed E-state index contributed by atoms with van der Waals surface area (Å²) < 4.78 is 27.7. The van der Waals surface area contributed by atoms with E-state index >= 15 is 0 Å². The van der Waals surface area contributed by atoms with Crippen molar-refractivity contribution in [3.8, 4) is 0 Å². The summed E-state index contributed by atoms with van der Waals surface area (Å²) in [5.41, 5.74) is 1.79. The van der Waals surface area contributed by atoms with Crippen molar-refractivity contribution in [1.82, 2.24) is 5.32 Å². The van der Waals surface area contributed by atoms with Crippen molar-refractivity contribution >= 4 is 39.7 Å². The van der Waals surface area contributed by atoms with Crippen molar-refractivity contribution in [3.63, 3.8) is 0 Å². The van der Waals surface area contributed by atoms with Gasteiger partial charge < -0.3 is 10.6 Å². The molecule has 146 valence electrons. The highest BCUT2D eigenvalue weighted by atomic mass is 35.5. The maximum Gasteiger partial charge on any atom is 0.261 e. The van der Waals surface area contributed by atoms with Gasteiger partial charge in [-0.3, -0.25) is 9.52 Å². The molecule has 1 unspecified atom stereocenters. The van der Waals surface area contributed by atoms with Gasteiger partial charge in [-0.1, -0.05) is 30.7 Å². The fourth-order valence-corrected chi connectivity index (χ4v) is 4.06. The molecule has 0 spiro atoms. The SMILES string of the molecule is Cc1ccc(NC(=O)C2CCCCN2)cc1NS(=O)(=O)c1ccccc1.Cl. The van der Waals surface area contributed by atoms with Crippen LogP contribution in [0, 0.1) is 6.92 Å². The molecule has 3 rings (SSSR count). The van der Waals surface area contributed by atoms with Gasteiger partial charge in [0.05, 0.1) is 16.6 Å². The van der Waals surface area contributed by atoms with Gasteiger partial charge in [0.1, 0.15) is 0 Å². The maximum absolute atomic E-state index is 12.5. The highest BCUT2D eigenvalue weighted by Crippen LogP contribution is 2.24. The first-order valence-electron chi connectivity index (χ1n) is 8.68. The zero-order chi connectivity index (χ0) is 18.6. The van der Waals surface area contributed by atoms with Crippen molar-refractivity contribution < 1.29 is 13.2 Å². The van der Waals surface area contributed by atoms with Gasteiger partial charge in [-0.2, -0.15) is 0 Å². The summed E-state index contributed by atoms with van der Waals surface area (Å²) in [5.74, 6) is -0.0922. The Bertz CT molecular complexity index is 882. The Morgan fingerprint density at radius 1 is 1.11 bits per heavy atom. The lowest BCUT2D eigenvalue weighted by Gasteiger charge is -2.22. The lowest BCUT2D eigenvalue weighted by Crippen LogP contribution is -2.43. The van der Waals surface area contributed by atoms with E-state index in [-0.39, 0.29) is 29.3 Å². The highest BCUT2D eigenvalue weighted by molar-refractivity contribution is 7.92. The minimum atomic E-state index is -3.68. The van der Waals surface area contributed by atoms with Crippen LogP contribution in [0.15, 0.2) is 53.4 Å². The van der Waals surface area contributed by atoms with Gasteiger partial charge in [0.2, 0.25) is 5.91 Å². The largest absolute Gasteiger partial charge is 0.325 e. The fourth-order valence-electron chi connectivity index (χ4n) is 2.92. The number of hydrogen-bond acceptors (Lipinski definition) is 4. The highest BCUT2D eigenvalue weighted by Gasteiger charge is 2.21. The van der Waals surface area contributed by atoms with Crippen LogP contribution in [0.25, 0.3) is 0 Å². The minimum Gasteiger partial charge on any atom is -0.325 e. The Hall–Kier alpha value is -2.09. The minimum absolute atomic E-state index is 0. The Labute approximate surface area is 166 Å². The number of rotatable bonds is 5. The van der Waals surface area contributed by atoms with Crippen molar-refractivity contribution in [1.29, 1.82) is 0 Å². The molecule has 0 radical (unpaired) electrons. The standard InChI is InChI=1S/C19H23N3O3S.ClH/c1-14-10-11-15(21-19(23)17-9-5-6-12-20-17)13-18(14)22-26(24,25)16-7-3-2-4-8-16;/h2-4,7-8,10-11,13,17,20,22H,5-6,9,12H2,1H3,(H,21,23);1H. The van der Waals surface area contributed by atoms with Crippen LogP contribution in [0.1, 0.15) is 24.8 Å². The predicted octanol–water partition coefficient (Wildman–Crippen LogP) is 3.30. The van der Waals surface area contributed by atoms with E-state index in [2.05, 4.69) is 15.4 Å². The molecule has 2 aromatic rings. The Balaban J connectivity index is 0.00000261. The summed E-state index contributed by atoms with van der Waals surface area (Å²) in [5, 5.41) is 6.07. The second-order valence-electron chi connectivity index (χ2n) is 6.44. The Morgan fingerprint density at radius 2 is 1.85 bits per heavy atom. The number of amides is 1. The quantitative estimate of drug-likeness (QED) is 0.707. The van der Waals surface area contributed by atoms with Gasteiger partial charge in [0.25, 0.3) is 10.0 Å². The molecule has 27 heavy (non-hydrogen) atoms. The summed E-state index contributed by atoms with van der Waals surface area (Å²) in [4.78, 5) is 12.6. The van der Waals surface area contributed by atoms with Crippen LogP contribution in [-0.2, 0) is 14.8 Å².